The third kappa shape index (κ3) is 2.63. The second-order valence-electron chi connectivity index (χ2n) is 4.12. The molecule has 5 nitrogen and oxygen atoms in total. The van der Waals surface area contributed by atoms with Crippen LogP contribution in [0.2, 0.25) is 0 Å². The number of carbonyl (C=O) groups is 1. The lowest BCUT2D eigenvalue weighted by Gasteiger charge is -2.07. The highest BCUT2D eigenvalue weighted by molar-refractivity contribution is 6.01. The number of hydrogen-bond acceptors (Lipinski definition) is 4. The number of hydrogen-bond donors (Lipinski definition) is 0. The molecule has 96 valence electrons. The monoisotopic (exact) mass is 255 g/mol. The van der Waals surface area contributed by atoms with Gasteiger partial charge in [-0.05, 0) is 17.7 Å². The van der Waals surface area contributed by atoms with Gasteiger partial charge in [-0.2, -0.15) is 5.26 Å². The van der Waals surface area contributed by atoms with Crippen molar-refractivity contribution in [2.24, 2.45) is 7.05 Å². The zero-order valence-corrected chi connectivity index (χ0v) is 10.7. The Morgan fingerprint density at radius 1 is 1.42 bits per heavy atom. The Hall–Kier alpha value is -2.61. The van der Waals surface area contributed by atoms with Crippen LogP contribution < -0.4 is 4.74 Å². The molecule has 2 rings (SSSR count). The fourth-order valence-corrected chi connectivity index (χ4v) is 1.77. The Kier molecular flexibility index (Phi) is 3.62. The van der Waals surface area contributed by atoms with Crippen LogP contribution in [0.25, 0.3) is 0 Å². The van der Waals surface area contributed by atoms with Crippen LogP contribution in [0.3, 0.4) is 0 Å². The van der Waals surface area contributed by atoms with Crippen molar-refractivity contribution in [3.05, 3.63) is 48.0 Å². The highest BCUT2D eigenvalue weighted by Gasteiger charge is 2.23. The van der Waals surface area contributed by atoms with E-state index in [4.69, 9.17) is 4.74 Å². The molecule has 1 aromatic carbocycles. The first-order valence-corrected chi connectivity index (χ1v) is 5.71. The van der Waals surface area contributed by atoms with Gasteiger partial charge in [0.2, 0.25) is 5.78 Å². The lowest BCUT2D eigenvalue weighted by molar-refractivity contribution is 0.0974. The van der Waals surface area contributed by atoms with Crippen molar-refractivity contribution >= 4 is 5.78 Å². The summed E-state index contributed by atoms with van der Waals surface area (Å²) in [5.41, 5.74) is 0.934. The van der Waals surface area contributed by atoms with Gasteiger partial charge in [-0.15, -0.1) is 0 Å². The minimum Gasteiger partial charge on any atom is -0.497 e. The van der Waals surface area contributed by atoms with Gasteiger partial charge in [-0.3, -0.25) is 4.79 Å². The summed E-state index contributed by atoms with van der Waals surface area (Å²) in [6.07, 6.45) is 3.14. The number of benzene rings is 1. The Labute approximate surface area is 111 Å². The fraction of sp³-hybridized carbons (Fsp3) is 0.214. The molecule has 2 aromatic rings. The minimum absolute atomic E-state index is 0.296. The lowest BCUT2D eigenvalue weighted by atomic mass is 9.94. The van der Waals surface area contributed by atoms with Crippen LogP contribution in [0.5, 0.6) is 5.75 Å². The maximum Gasteiger partial charge on any atom is 0.204 e. The second kappa shape index (κ2) is 5.36. The predicted molar refractivity (Wildman–Crippen MR) is 68.9 cm³/mol. The first-order valence-electron chi connectivity index (χ1n) is 5.71. The summed E-state index contributed by atoms with van der Waals surface area (Å²) < 4.78 is 6.72. The number of methoxy groups -OCH3 is 1. The van der Waals surface area contributed by atoms with E-state index in [1.807, 2.05) is 6.07 Å². The Bertz CT molecular complexity index is 623. The van der Waals surface area contributed by atoms with Crippen molar-refractivity contribution < 1.29 is 9.53 Å². The molecule has 0 saturated carbocycles. The number of rotatable bonds is 4. The van der Waals surface area contributed by atoms with Gasteiger partial charge in [0.15, 0.2) is 0 Å². The van der Waals surface area contributed by atoms with Crippen LogP contribution >= 0.6 is 0 Å². The number of aryl methyl sites for hydroxylation is 1. The Morgan fingerprint density at radius 3 is 2.58 bits per heavy atom. The van der Waals surface area contributed by atoms with Gasteiger partial charge < -0.3 is 9.30 Å². The molecule has 1 atom stereocenters. The average molecular weight is 255 g/mol. The molecule has 19 heavy (non-hydrogen) atoms. The number of nitriles is 1. The standard InChI is InChI=1S/C14H13N3O2/c1-17-8-13(16-9-17)14(18)12(7-15)10-3-5-11(19-2)6-4-10/h3-6,8-9,12H,1-2H3. The quantitative estimate of drug-likeness (QED) is 0.783. The highest BCUT2D eigenvalue weighted by atomic mass is 16.5. The molecule has 0 aliphatic heterocycles. The molecule has 1 heterocycles. The third-order valence-corrected chi connectivity index (χ3v) is 2.80. The largest absolute Gasteiger partial charge is 0.497 e. The van der Waals surface area contributed by atoms with Gasteiger partial charge >= 0.3 is 0 Å². The summed E-state index contributed by atoms with van der Waals surface area (Å²) in [6.45, 7) is 0. The first kappa shape index (κ1) is 12.8. The summed E-state index contributed by atoms with van der Waals surface area (Å²) >= 11 is 0. The molecule has 1 unspecified atom stereocenters. The van der Waals surface area contributed by atoms with Crippen LogP contribution in [-0.4, -0.2) is 22.4 Å². The zero-order chi connectivity index (χ0) is 13.8. The van der Waals surface area contributed by atoms with E-state index in [9.17, 15) is 10.1 Å². The fourth-order valence-electron chi connectivity index (χ4n) is 1.77. The first-order chi connectivity index (χ1) is 9.15. The number of aromatic nitrogens is 2. The maximum absolute atomic E-state index is 12.2. The predicted octanol–water partition coefficient (Wildman–Crippen LogP) is 1.92. The third-order valence-electron chi connectivity index (χ3n) is 2.80. The number of ether oxygens (including phenoxy) is 1. The van der Waals surface area contributed by atoms with Crippen LogP contribution in [0.4, 0.5) is 0 Å². The molecule has 0 N–H and O–H groups in total. The van der Waals surface area contributed by atoms with Crippen molar-refractivity contribution in [1.29, 1.82) is 5.26 Å². The minimum atomic E-state index is -0.846. The number of nitrogens with zero attached hydrogens (tertiary/aromatic N) is 3. The van der Waals surface area contributed by atoms with Crippen molar-refractivity contribution in [1.82, 2.24) is 9.55 Å². The lowest BCUT2D eigenvalue weighted by Crippen LogP contribution is -2.11. The molecule has 0 spiro atoms. The molecule has 0 aliphatic rings. The molecular formula is C14H13N3O2. The van der Waals surface area contributed by atoms with E-state index in [0.717, 1.165) is 0 Å². The summed E-state index contributed by atoms with van der Waals surface area (Å²) in [5, 5.41) is 9.21. The van der Waals surface area contributed by atoms with Gasteiger partial charge in [-0.25, -0.2) is 4.98 Å². The topological polar surface area (TPSA) is 67.9 Å². The second-order valence-corrected chi connectivity index (χ2v) is 4.12. The molecule has 0 bridgehead atoms. The van der Waals surface area contributed by atoms with E-state index < -0.39 is 5.92 Å². The number of ketones is 1. The normalized spacial score (nSPS) is 11.6. The Morgan fingerprint density at radius 2 is 2.11 bits per heavy atom. The van der Waals surface area contributed by atoms with Crippen molar-refractivity contribution in [2.45, 2.75) is 5.92 Å². The van der Waals surface area contributed by atoms with Crippen LogP contribution in [0.1, 0.15) is 22.0 Å². The van der Waals surface area contributed by atoms with Crippen molar-refractivity contribution in [2.75, 3.05) is 7.11 Å². The molecule has 0 aliphatic carbocycles. The van der Waals surface area contributed by atoms with E-state index in [0.29, 0.717) is 17.0 Å². The smallest absolute Gasteiger partial charge is 0.204 e. The number of imidazole rings is 1. The molecule has 0 fully saturated rings. The van der Waals surface area contributed by atoms with Gasteiger partial charge in [0, 0.05) is 13.2 Å². The van der Waals surface area contributed by atoms with E-state index in [-0.39, 0.29) is 5.78 Å². The summed E-state index contributed by atoms with van der Waals surface area (Å²) in [5.74, 6) is -0.459. The van der Waals surface area contributed by atoms with Gasteiger partial charge in [0.25, 0.3) is 0 Å². The van der Waals surface area contributed by atoms with E-state index in [1.54, 1.807) is 49.2 Å². The SMILES string of the molecule is COc1ccc(C(C#N)C(=O)c2cn(C)cn2)cc1. The highest BCUT2D eigenvalue weighted by Crippen LogP contribution is 2.22. The average Bonchev–Trinajstić information content (AvgIpc) is 2.87. The molecule has 0 radical (unpaired) electrons. The van der Waals surface area contributed by atoms with E-state index >= 15 is 0 Å². The van der Waals surface area contributed by atoms with Crippen LogP contribution in [0, 0.1) is 11.3 Å². The summed E-state index contributed by atoms with van der Waals surface area (Å²) in [6, 6.07) is 8.91. The van der Waals surface area contributed by atoms with Gasteiger partial charge in [0.05, 0.1) is 19.5 Å². The summed E-state index contributed by atoms with van der Waals surface area (Å²) in [7, 11) is 3.34. The van der Waals surface area contributed by atoms with Gasteiger partial charge in [-0.1, -0.05) is 12.1 Å². The molecule has 5 heteroatoms. The molecule has 1 aromatic heterocycles. The van der Waals surface area contributed by atoms with Crippen LogP contribution in [0.15, 0.2) is 36.8 Å². The maximum atomic E-state index is 12.2. The Balaban J connectivity index is 2.29. The van der Waals surface area contributed by atoms with Crippen molar-refractivity contribution in [3.63, 3.8) is 0 Å². The molecule has 0 saturated heterocycles. The van der Waals surface area contributed by atoms with Crippen molar-refractivity contribution in [3.8, 4) is 11.8 Å². The zero-order valence-electron chi connectivity index (χ0n) is 10.7. The van der Waals surface area contributed by atoms with Crippen LogP contribution in [-0.2, 0) is 7.05 Å². The molecular weight excluding hydrogens is 242 g/mol. The van der Waals surface area contributed by atoms with E-state index in [2.05, 4.69) is 4.98 Å². The van der Waals surface area contributed by atoms with E-state index in [1.165, 1.54) is 6.33 Å². The number of Topliss-reactive ketones (excluding diaryl/α,β-unsaturated/α-hetero) is 1. The number of carbonyl (C=O) groups excluding carboxylic acids is 1. The molecule has 0 amide bonds. The summed E-state index contributed by atoms with van der Waals surface area (Å²) in [4.78, 5) is 16.2. The van der Waals surface area contributed by atoms with Gasteiger partial charge in [0.1, 0.15) is 17.4 Å².